The van der Waals surface area contributed by atoms with Crippen molar-refractivity contribution in [3.63, 3.8) is 0 Å². The second-order valence-electron chi connectivity index (χ2n) is 7.24. The Balaban J connectivity index is 2.21. The quantitative estimate of drug-likeness (QED) is 0.735. The number of benzene rings is 1. The lowest BCUT2D eigenvalue weighted by atomic mass is 9.96. The predicted octanol–water partition coefficient (Wildman–Crippen LogP) is 4.06. The molecule has 0 radical (unpaired) electrons. The number of halogens is 1. The van der Waals surface area contributed by atoms with Crippen LogP contribution < -0.4 is 10.1 Å². The number of nitrogens with zero attached hydrogens (tertiary/aromatic N) is 2. The van der Waals surface area contributed by atoms with Gasteiger partial charge in [0.2, 0.25) is 0 Å². The Bertz CT molecular complexity index is 673. The van der Waals surface area contributed by atoms with Gasteiger partial charge < -0.3 is 19.7 Å². The standard InChI is InChI=1S/C21H32ClN3O3/c1-6-9-23-16(4)20(18-8-7-17(22)14-19(18)27-5)24-10-12-25(13-11-24)21(26)28-15(2)3/h6-9,14-16,20,23H,10-13H2,1-5H3/b9-6-/t16?,20-/m0/s1. The van der Waals surface area contributed by atoms with Crippen LogP contribution >= 0.6 is 11.6 Å². The van der Waals surface area contributed by atoms with E-state index in [1.165, 1.54) is 0 Å². The zero-order valence-electron chi connectivity index (χ0n) is 17.4. The van der Waals surface area contributed by atoms with Crippen LogP contribution in [0.15, 0.2) is 30.5 Å². The molecule has 0 saturated carbocycles. The van der Waals surface area contributed by atoms with E-state index in [0.29, 0.717) is 18.1 Å². The number of carbonyl (C=O) groups excluding carboxylic acids is 1. The second kappa shape index (κ2) is 10.6. The largest absolute Gasteiger partial charge is 0.496 e. The number of amides is 1. The molecule has 2 rings (SSSR count). The fraction of sp³-hybridized carbons (Fsp3) is 0.571. The van der Waals surface area contributed by atoms with E-state index in [9.17, 15) is 4.79 Å². The van der Waals surface area contributed by atoms with Gasteiger partial charge in [0.05, 0.1) is 19.3 Å². The molecule has 1 aromatic carbocycles. The van der Waals surface area contributed by atoms with E-state index in [0.717, 1.165) is 24.4 Å². The zero-order chi connectivity index (χ0) is 20.7. The molecule has 6 nitrogen and oxygen atoms in total. The molecule has 0 aliphatic carbocycles. The number of methoxy groups -OCH3 is 1. The third kappa shape index (κ3) is 5.79. The van der Waals surface area contributed by atoms with Crippen LogP contribution in [0.3, 0.4) is 0 Å². The van der Waals surface area contributed by atoms with Gasteiger partial charge in [-0.2, -0.15) is 0 Å². The number of hydrogen-bond donors (Lipinski definition) is 1. The Morgan fingerprint density at radius 2 is 1.89 bits per heavy atom. The highest BCUT2D eigenvalue weighted by Crippen LogP contribution is 2.34. The second-order valence-corrected chi connectivity index (χ2v) is 7.68. The minimum Gasteiger partial charge on any atom is -0.496 e. The molecule has 1 saturated heterocycles. The lowest BCUT2D eigenvalue weighted by Crippen LogP contribution is -2.53. The SMILES string of the molecule is C/C=C\NC(C)[C@@H](c1ccc(Cl)cc1OC)N1CCN(C(=O)OC(C)C)CC1. The third-order valence-electron chi connectivity index (χ3n) is 4.82. The highest BCUT2D eigenvalue weighted by atomic mass is 35.5. The lowest BCUT2D eigenvalue weighted by Gasteiger charge is -2.42. The number of nitrogens with one attached hydrogen (secondary N) is 1. The summed E-state index contributed by atoms with van der Waals surface area (Å²) in [6.07, 6.45) is 3.58. The molecule has 0 aromatic heterocycles. The molecule has 1 heterocycles. The first-order valence-corrected chi connectivity index (χ1v) is 10.2. The van der Waals surface area contributed by atoms with Crippen molar-refractivity contribution < 1.29 is 14.3 Å². The minimum atomic E-state index is -0.240. The Hall–Kier alpha value is -1.92. The molecule has 1 aliphatic heterocycles. The van der Waals surface area contributed by atoms with Crippen molar-refractivity contribution in [3.05, 3.63) is 41.1 Å². The Kier molecular flexibility index (Phi) is 8.45. The summed E-state index contributed by atoms with van der Waals surface area (Å²) in [5.41, 5.74) is 1.08. The Morgan fingerprint density at radius 3 is 2.46 bits per heavy atom. The monoisotopic (exact) mass is 409 g/mol. The van der Waals surface area contributed by atoms with Gasteiger partial charge in [-0.25, -0.2) is 4.79 Å². The number of piperazine rings is 1. The van der Waals surface area contributed by atoms with E-state index in [1.54, 1.807) is 12.0 Å². The minimum absolute atomic E-state index is 0.0756. The van der Waals surface area contributed by atoms with Crippen molar-refractivity contribution in [2.24, 2.45) is 0 Å². The summed E-state index contributed by atoms with van der Waals surface area (Å²) < 4.78 is 10.9. The number of allylic oxidation sites excluding steroid dienone is 1. The highest BCUT2D eigenvalue weighted by molar-refractivity contribution is 6.30. The first-order chi connectivity index (χ1) is 13.4. The van der Waals surface area contributed by atoms with Crippen molar-refractivity contribution in [2.75, 3.05) is 33.3 Å². The third-order valence-corrected chi connectivity index (χ3v) is 5.05. The van der Waals surface area contributed by atoms with Gasteiger partial charge in [-0.15, -0.1) is 0 Å². The maximum Gasteiger partial charge on any atom is 0.410 e. The van der Waals surface area contributed by atoms with Gasteiger partial charge in [-0.1, -0.05) is 23.7 Å². The fourth-order valence-corrected chi connectivity index (χ4v) is 3.67. The molecular formula is C21H32ClN3O3. The van der Waals surface area contributed by atoms with Crippen molar-refractivity contribution in [1.82, 2.24) is 15.1 Å². The number of ether oxygens (including phenoxy) is 2. The summed E-state index contributed by atoms with van der Waals surface area (Å²) >= 11 is 6.17. The van der Waals surface area contributed by atoms with Crippen molar-refractivity contribution in [1.29, 1.82) is 0 Å². The van der Waals surface area contributed by atoms with Crippen molar-refractivity contribution in [2.45, 2.75) is 45.9 Å². The molecule has 2 atom stereocenters. The van der Waals surface area contributed by atoms with Crippen LogP contribution in [0.4, 0.5) is 4.79 Å². The van der Waals surface area contributed by atoms with Crippen LogP contribution in [-0.4, -0.2) is 61.3 Å². The Labute approximate surface area is 173 Å². The maximum absolute atomic E-state index is 12.2. The predicted molar refractivity (Wildman–Crippen MR) is 113 cm³/mol. The van der Waals surface area contributed by atoms with Gasteiger partial charge in [-0.3, -0.25) is 4.90 Å². The summed E-state index contributed by atoms with van der Waals surface area (Å²) in [6, 6.07) is 5.99. The fourth-order valence-electron chi connectivity index (χ4n) is 3.51. The molecule has 0 spiro atoms. The van der Waals surface area contributed by atoms with E-state index in [1.807, 2.05) is 51.2 Å². The molecule has 7 heteroatoms. The normalized spacial score (nSPS) is 17.6. The van der Waals surface area contributed by atoms with Crippen LogP contribution in [-0.2, 0) is 4.74 Å². The average Bonchev–Trinajstić information content (AvgIpc) is 2.67. The van der Waals surface area contributed by atoms with E-state index in [2.05, 4.69) is 17.1 Å². The van der Waals surface area contributed by atoms with Crippen LogP contribution in [0.1, 0.15) is 39.3 Å². The van der Waals surface area contributed by atoms with Crippen molar-refractivity contribution in [3.8, 4) is 5.75 Å². The van der Waals surface area contributed by atoms with Gasteiger partial charge in [-0.05, 0) is 46.0 Å². The van der Waals surface area contributed by atoms with Crippen LogP contribution in [0, 0.1) is 0 Å². The molecule has 28 heavy (non-hydrogen) atoms. The molecule has 1 unspecified atom stereocenters. The highest BCUT2D eigenvalue weighted by Gasteiger charge is 2.32. The molecule has 0 bridgehead atoms. The van der Waals surface area contributed by atoms with E-state index >= 15 is 0 Å². The molecule has 1 fully saturated rings. The van der Waals surface area contributed by atoms with Gasteiger partial charge >= 0.3 is 6.09 Å². The van der Waals surface area contributed by atoms with E-state index in [-0.39, 0.29) is 24.3 Å². The topological polar surface area (TPSA) is 54.0 Å². The maximum atomic E-state index is 12.2. The number of hydrogen-bond acceptors (Lipinski definition) is 5. The van der Waals surface area contributed by atoms with Gasteiger partial charge in [0.1, 0.15) is 5.75 Å². The van der Waals surface area contributed by atoms with Crippen LogP contribution in [0.5, 0.6) is 5.75 Å². The molecule has 1 amide bonds. The van der Waals surface area contributed by atoms with E-state index in [4.69, 9.17) is 21.1 Å². The van der Waals surface area contributed by atoms with E-state index < -0.39 is 0 Å². The lowest BCUT2D eigenvalue weighted by molar-refractivity contribution is 0.0435. The average molecular weight is 410 g/mol. The van der Waals surface area contributed by atoms with Gasteiger partial charge in [0.25, 0.3) is 0 Å². The number of carbonyl (C=O) groups is 1. The molecular weight excluding hydrogens is 378 g/mol. The Morgan fingerprint density at radius 1 is 1.21 bits per heavy atom. The molecule has 156 valence electrons. The number of rotatable bonds is 7. The van der Waals surface area contributed by atoms with Gasteiger partial charge in [0.15, 0.2) is 0 Å². The van der Waals surface area contributed by atoms with Gasteiger partial charge in [0, 0.05) is 42.8 Å². The summed E-state index contributed by atoms with van der Waals surface area (Å²) in [4.78, 5) is 16.4. The zero-order valence-corrected chi connectivity index (χ0v) is 18.2. The first-order valence-electron chi connectivity index (χ1n) is 9.77. The summed E-state index contributed by atoms with van der Waals surface area (Å²) in [6.45, 7) is 10.6. The summed E-state index contributed by atoms with van der Waals surface area (Å²) in [5.74, 6) is 0.772. The summed E-state index contributed by atoms with van der Waals surface area (Å²) in [7, 11) is 1.66. The first kappa shape index (κ1) is 22.4. The van der Waals surface area contributed by atoms with Crippen LogP contribution in [0.25, 0.3) is 0 Å². The van der Waals surface area contributed by atoms with Crippen LogP contribution in [0.2, 0.25) is 5.02 Å². The molecule has 1 N–H and O–H groups in total. The molecule has 1 aromatic rings. The smallest absolute Gasteiger partial charge is 0.410 e. The summed E-state index contributed by atoms with van der Waals surface area (Å²) in [5, 5.41) is 4.09. The van der Waals surface area contributed by atoms with Crippen molar-refractivity contribution >= 4 is 17.7 Å². The molecule has 1 aliphatic rings.